The van der Waals surface area contributed by atoms with E-state index in [-0.39, 0.29) is 12.5 Å². The Morgan fingerprint density at radius 1 is 1.46 bits per heavy atom. The lowest BCUT2D eigenvalue weighted by molar-refractivity contribution is 0.250. The van der Waals surface area contributed by atoms with Crippen molar-refractivity contribution in [2.24, 2.45) is 5.92 Å². The molecule has 0 radical (unpaired) electrons. The molecular weight excluding hydrogens is 204 g/mol. The van der Waals surface area contributed by atoms with Gasteiger partial charge < -0.3 is 5.11 Å². The molecule has 0 fully saturated rings. The molecule has 0 aliphatic rings. The van der Waals surface area contributed by atoms with Crippen LogP contribution in [-0.2, 0) is 0 Å². The summed E-state index contributed by atoms with van der Waals surface area (Å²) in [6, 6.07) is 3.90. The van der Waals surface area contributed by atoms with Gasteiger partial charge in [-0.2, -0.15) is 0 Å². The van der Waals surface area contributed by atoms with Gasteiger partial charge in [0.1, 0.15) is 0 Å². The second kappa shape index (κ2) is 4.99. The van der Waals surface area contributed by atoms with Gasteiger partial charge in [-0.15, -0.1) is 11.3 Å². The van der Waals surface area contributed by atoms with Gasteiger partial charge in [-0.05, 0) is 24.5 Å². The van der Waals surface area contributed by atoms with Gasteiger partial charge in [-0.25, -0.2) is 0 Å². The quantitative estimate of drug-likeness (QED) is 0.820. The zero-order valence-corrected chi connectivity index (χ0v) is 9.53. The van der Waals surface area contributed by atoms with Gasteiger partial charge in [-0.3, -0.25) is 0 Å². The van der Waals surface area contributed by atoms with Crippen LogP contribution >= 0.6 is 22.9 Å². The summed E-state index contributed by atoms with van der Waals surface area (Å²) in [5, 5.41) is 9.20. The number of aliphatic hydroxyl groups excluding tert-OH is 1. The van der Waals surface area contributed by atoms with Gasteiger partial charge in [0.2, 0.25) is 0 Å². The van der Waals surface area contributed by atoms with Crippen LogP contribution in [0.3, 0.4) is 0 Å². The van der Waals surface area contributed by atoms with Gasteiger partial charge in [0.15, 0.2) is 0 Å². The zero-order valence-electron chi connectivity index (χ0n) is 7.96. The minimum atomic E-state index is 0.217. The van der Waals surface area contributed by atoms with Crippen LogP contribution in [0.4, 0.5) is 0 Å². The predicted octanol–water partition coefficient (Wildman–Crippen LogP) is 3.52. The fourth-order valence-corrected chi connectivity index (χ4v) is 2.56. The molecule has 0 saturated carbocycles. The molecule has 13 heavy (non-hydrogen) atoms. The SMILES string of the molecule is CC(C)CC(CO)c1ccc(Cl)s1. The maximum Gasteiger partial charge on any atom is 0.0931 e. The molecular formula is C10H15ClOS. The van der Waals surface area contributed by atoms with Crippen molar-refractivity contribution in [1.82, 2.24) is 0 Å². The van der Waals surface area contributed by atoms with E-state index in [9.17, 15) is 5.11 Å². The van der Waals surface area contributed by atoms with E-state index < -0.39 is 0 Å². The number of aliphatic hydroxyl groups is 1. The lowest BCUT2D eigenvalue weighted by Gasteiger charge is -2.14. The van der Waals surface area contributed by atoms with Gasteiger partial charge >= 0.3 is 0 Å². The molecule has 1 unspecified atom stereocenters. The van der Waals surface area contributed by atoms with Crippen molar-refractivity contribution in [3.63, 3.8) is 0 Å². The van der Waals surface area contributed by atoms with E-state index in [0.29, 0.717) is 5.92 Å². The van der Waals surface area contributed by atoms with Gasteiger partial charge in [0.25, 0.3) is 0 Å². The molecule has 0 amide bonds. The third-order valence-corrected chi connectivity index (χ3v) is 3.37. The first-order chi connectivity index (χ1) is 6.13. The number of halogens is 1. The Labute approximate surface area is 88.4 Å². The van der Waals surface area contributed by atoms with Crippen LogP contribution in [0, 0.1) is 5.92 Å². The second-order valence-electron chi connectivity index (χ2n) is 3.65. The first-order valence-electron chi connectivity index (χ1n) is 4.49. The highest BCUT2D eigenvalue weighted by Gasteiger charge is 2.14. The van der Waals surface area contributed by atoms with Gasteiger partial charge in [-0.1, -0.05) is 25.4 Å². The van der Waals surface area contributed by atoms with Crippen molar-refractivity contribution in [3.05, 3.63) is 21.3 Å². The summed E-state index contributed by atoms with van der Waals surface area (Å²) in [4.78, 5) is 1.20. The van der Waals surface area contributed by atoms with Crippen molar-refractivity contribution in [2.75, 3.05) is 6.61 Å². The predicted molar refractivity (Wildman–Crippen MR) is 58.6 cm³/mol. The summed E-state index contributed by atoms with van der Waals surface area (Å²) in [5.74, 6) is 0.871. The Morgan fingerprint density at radius 2 is 2.15 bits per heavy atom. The average Bonchev–Trinajstić information content (AvgIpc) is 2.47. The first kappa shape index (κ1) is 11.0. The molecule has 0 aliphatic carbocycles. The fraction of sp³-hybridized carbons (Fsp3) is 0.600. The number of rotatable bonds is 4. The highest BCUT2D eigenvalue weighted by molar-refractivity contribution is 7.16. The van der Waals surface area contributed by atoms with Crippen LogP contribution in [-0.4, -0.2) is 11.7 Å². The smallest absolute Gasteiger partial charge is 0.0931 e. The van der Waals surface area contributed by atoms with E-state index in [1.165, 1.54) is 4.88 Å². The molecule has 0 spiro atoms. The summed E-state index contributed by atoms with van der Waals surface area (Å²) in [7, 11) is 0. The minimum absolute atomic E-state index is 0.217. The molecule has 1 N–H and O–H groups in total. The van der Waals surface area contributed by atoms with E-state index in [2.05, 4.69) is 13.8 Å². The van der Waals surface area contributed by atoms with Crippen molar-refractivity contribution in [3.8, 4) is 0 Å². The van der Waals surface area contributed by atoms with Crippen LogP contribution < -0.4 is 0 Å². The maximum absolute atomic E-state index is 9.20. The topological polar surface area (TPSA) is 20.2 Å². The highest BCUT2D eigenvalue weighted by atomic mass is 35.5. The fourth-order valence-electron chi connectivity index (χ4n) is 1.40. The third-order valence-electron chi connectivity index (χ3n) is 1.97. The summed E-state index contributed by atoms with van der Waals surface area (Å²) in [6.45, 7) is 4.55. The van der Waals surface area contributed by atoms with Crippen molar-refractivity contribution >= 4 is 22.9 Å². The first-order valence-corrected chi connectivity index (χ1v) is 5.69. The molecule has 0 aromatic carbocycles. The Hall–Kier alpha value is -0.0500. The molecule has 0 aliphatic heterocycles. The average molecular weight is 219 g/mol. The molecule has 1 nitrogen and oxygen atoms in total. The molecule has 1 rings (SSSR count). The summed E-state index contributed by atoms with van der Waals surface area (Å²) < 4.78 is 0.803. The largest absolute Gasteiger partial charge is 0.396 e. The summed E-state index contributed by atoms with van der Waals surface area (Å²) >= 11 is 7.40. The summed E-state index contributed by atoms with van der Waals surface area (Å²) in [5.41, 5.74) is 0. The Balaban J connectivity index is 2.66. The summed E-state index contributed by atoms with van der Waals surface area (Å²) in [6.07, 6.45) is 1.02. The third kappa shape index (κ3) is 3.29. The van der Waals surface area contributed by atoms with E-state index in [4.69, 9.17) is 11.6 Å². The molecule has 3 heteroatoms. The van der Waals surface area contributed by atoms with Crippen molar-refractivity contribution < 1.29 is 5.11 Å². The number of hydrogen-bond donors (Lipinski definition) is 1. The lowest BCUT2D eigenvalue weighted by Crippen LogP contribution is -2.05. The number of hydrogen-bond acceptors (Lipinski definition) is 2. The van der Waals surface area contributed by atoms with Gasteiger partial charge in [0, 0.05) is 10.8 Å². The molecule has 1 heterocycles. The molecule has 0 saturated heterocycles. The molecule has 0 bridgehead atoms. The molecule has 74 valence electrons. The van der Waals surface area contributed by atoms with Gasteiger partial charge in [0.05, 0.1) is 10.9 Å². The van der Waals surface area contributed by atoms with E-state index in [0.717, 1.165) is 10.8 Å². The minimum Gasteiger partial charge on any atom is -0.396 e. The molecule has 1 aromatic rings. The van der Waals surface area contributed by atoms with E-state index in [1.54, 1.807) is 11.3 Å². The normalized spacial score (nSPS) is 13.6. The van der Waals surface area contributed by atoms with Crippen LogP contribution in [0.15, 0.2) is 12.1 Å². The standard InChI is InChI=1S/C10H15ClOS/c1-7(2)5-8(6-12)9-3-4-10(11)13-9/h3-4,7-8,12H,5-6H2,1-2H3. The molecule has 1 aromatic heterocycles. The van der Waals surface area contributed by atoms with Crippen LogP contribution in [0.2, 0.25) is 4.34 Å². The van der Waals surface area contributed by atoms with Crippen molar-refractivity contribution in [2.45, 2.75) is 26.2 Å². The van der Waals surface area contributed by atoms with Crippen molar-refractivity contribution in [1.29, 1.82) is 0 Å². The number of thiophene rings is 1. The highest BCUT2D eigenvalue weighted by Crippen LogP contribution is 2.31. The maximum atomic E-state index is 9.20. The molecule has 1 atom stereocenters. The Morgan fingerprint density at radius 3 is 2.54 bits per heavy atom. The Kier molecular flexibility index (Phi) is 4.23. The van der Waals surface area contributed by atoms with E-state index >= 15 is 0 Å². The zero-order chi connectivity index (χ0) is 9.84. The lowest BCUT2D eigenvalue weighted by atomic mass is 9.96. The van der Waals surface area contributed by atoms with Crippen LogP contribution in [0.25, 0.3) is 0 Å². The van der Waals surface area contributed by atoms with E-state index in [1.807, 2.05) is 12.1 Å². The monoisotopic (exact) mass is 218 g/mol. The second-order valence-corrected chi connectivity index (χ2v) is 5.40. The van der Waals surface area contributed by atoms with Crippen LogP contribution in [0.5, 0.6) is 0 Å². The van der Waals surface area contributed by atoms with Crippen LogP contribution in [0.1, 0.15) is 31.1 Å². The Bertz CT molecular complexity index is 257.